The zero-order chi connectivity index (χ0) is 26.8. The molecule has 4 rings (SSSR count). The van der Waals surface area contributed by atoms with Crippen molar-refractivity contribution in [2.24, 2.45) is 0 Å². The lowest BCUT2D eigenvalue weighted by Gasteiger charge is -2.36. The van der Waals surface area contributed by atoms with E-state index < -0.39 is 87.4 Å². The lowest BCUT2D eigenvalue weighted by atomic mass is 10.1. The Balaban J connectivity index is 1.89. The van der Waals surface area contributed by atoms with Gasteiger partial charge in [-0.05, 0) is 0 Å². The topological polar surface area (TPSA) is 194 Å². The quantitative estimate of drug-likeness (QED) is 0.155. The van der Waals surface area contributed by atoms with Crippen molar-refractivity contribution in [2.45, 2.75) is 58.9 Å². The fraction of sp³-hybridized carbons (Fsp3) is 0.429. The minimum Gasteiger partial charge on any atom is -0.419 e. The molecular weight excluding hydrogens is 486 g/mol. The van der Waals surface area contributed by atoms with Crippen molar-refractivity contribution in [3.63, 3.8) is 0 Å². The van der Waals surface area contributed by atoms with Gasteiger partial charge >= 0.3 is 35.8 Å². The summed E-state index contributed by atoms with van der Waals surface area (Å²) in [6.45, 7) is 7.92. The number of hydrogen-bond donors (Lipinski definition) is 3. The molecule has 0 aromatic rings. The van der Waals surface area contributed by atoms with E-state index in [9.17, 15) is 28.8 Å². The van der Waals surface area contributed by atoms with E-state index >= 15 is 0 Å². The van der Waals surface area contributed by atoms with Gasteiger partial charge in [-0.15, -0.1) is 0 Å². The van der Waals surface area contributed by atoms with Gasteiger partial charge in [0.05, 0.1) is 0 Å². The lowest BCUT2D eigenvalue weighted by molar-refractivity contribution is -0.224. The van der Waals surface area contributed by atoms with E-state index in [2.05, 4.69) is 16.0 Å². The van der Waals surface area contributed by atoms with E-state index in [-0.39, 0.29) is 0 Å². The van der Waals surface area contributed by atoms with E-state index in [0.29, 0.717) is 0 Å². The van der Waals surface area contributed by atoms with Gasteiger partial charge in [0, 0.05) is 41.5 Å². The second-order valence-electron chi connectivity index (χ2n) is 9.16. The Morgan fingerprint density at radius 2 is 0.556 bits per heavy atom. The first kappa shape index (κ1) is 24.6. The zero-order valence-electron chi connectivity index (χ0n) is 19.9. The molecule has 0 unspecified atom stereocenters. The van der Waals surface area contributed by atoms with Crippen LogP contribution in [0.5, 0.6) is 0 Å². The van der Waals surface area contributed by atoms with Crippen LogP contribution in [0.25, 0.3) is 0 Å². The van der Waals surface area contributed by atoms with Crippen LogP contribution in [0.15, 0.2) is 34.2 Å². The van der Waals surface area contributed by atoms with Gasteiger partial charge in [-0.2, -0.15) is 0 Å². The second kappa shape index (κ2) is 7.73. The molecule has 0 radical (unpaired) electrons. The van der Waals surface area contributed by atoms with Crippen LogP contribution in [0.3, 0.4) is 0 Å². The summed E-state index contributed by atoms with van der Waals surface area (Å²) in [5, 5.41) is 7.44. The predicted octanol–water partition coefficient (Wildman–Crippen LogP) is -1.09. The third kappa shape index (κ3) is 4.42. The maximum absolute atomic E-state index is 12.6. The largest absolute Gasteiger partial charge is 0.419 e. The van der Waals surface area contributed by atoms with Gasteiger partial charge in [0.2, 0.25) is 0 Å². The number of cyclic esters (lactones) is 6. The van der Waals surface area contributed by atoms with Crippen LogP contribution in [0.2, 0.25) is 0 Å². The van der Waals surface area contributed by atoms with Crippen molar-refractivity contribution < 1.29 is 57.2 Å². The van der Waals surface area contributed by atoms with Crippen LogP contribution < -0.4 is 16.0 Å². The number of nitrogens with one attached hydrogen (secondary N) is 3. The molecule has 0 aromatic heterocycles. The first-order valence-corrected chi connectivity index (χ1v) is 10.4. The summed E-state index contributed by atoms with van der Waals surface area (Å²) in [5.41, 5.74) is -2.20. The molecule has 0 atom stereocenters. The number of carbonyl (C=O) groups excluding carboxylic acids is 6. The molecule has 36 heavy (non-hydrogen) atoms. The van der Waals surface area contributed by atoms with Gasteiger partial charge in [-0.25, -0.2) is 28.8 Å². The highest BCUT2D eigenvalue weighted by Gasteiger charge is 2.47. The Kier molecular flexibility index (Phi) is 5.27. The van der Waals surface area contributed by atoms with Crippen molar-refractivity contribution in [3.8, 4) is 0 Å². The van der Waals surface area contributed by atoms with E-state index in [1.807, 2.05) is 0 Å². The Bertz CT molecular complexity index is 1020. The summed E-state index contributed by atoms with van der Waals surface area (Å²) in [7, 11) is 0. The molecule has 0 aromatic carbocycles. The predicted molar refractivity (Wildman–Crippen MR) is 109 cm³/mol. The summed E-state index contributed by atoms with van der Waals surface area (Å²) >= 11 is 0. The minimum absolute atomic E-state index is 0.500. The molecule has 15 heteroatoms. The normalized spacial score (nSPS) is 24.8. The van der Waals surface area contributed by atoms with Gasteiger partial charge in [0.1, 0.15) is 17.5 Å². The Morgan fingerprint density at radius 3 is 0.722 bits per heavy atom. The van der Waals surface area contributed by atoms with Crippen molar-refractivity contribution in [2.75, 3.05) is 0 Å². The lowest BCUT2D eigenvalue weighted by Crippen LogP contribution is -2.53. The smallest absolute Gasteiger partial charge is 0.352 e. The number of esters is 6. The first-order valence-electron chi connectivity index (χ1n) is 10.4. The molecule has 0 aliphatic carbocycles. The highest BCUT2D eigenvalue weighted by atomic mass is 16.8. The highest BCUT2D eigenvalue weighted by molar-refractivity contribution is 6.18. The van der Waals surface area contributed by atoms with Crippen LogP contribution in [0.4, 0.5) is 0 Å². The molecule has 4 aliphatic rings. The van der Waals surface area contributed by atoms with E-state index in [1.165, 1.54) is 41.5 Å². The Labute approximate surface area is 202 Å². The van der Waals surface area contributed by atoms with Gasteiger partial charge in [0.15, 0.2) is 16.7 Å². The number of carbonyl (C=O) groups is 6. The van der Waals surface area contributed by atoms with Gasteiger partial charge in [-0.1, -0.05) is 0 Å². The van der Waals surface area contributed by atoms with E-state index in [0.717, 1.165) is 0 Å². The molecule has 192 valence electrons. The molecule has 15 nitrogen and oxygen atoms in total. The van der Waals surface area contributed by atoms with Gasteiger partial charge < -0.3 is 44.4 Å². The number of rotatable bonds is 0. The summed E-state index contributed by atoms with van der Waals surface area (Å²) in [6, 6.07) is 0. The third-order valence-electron chi connectivity index (χ3n) is 4.76. The summed E-state index contributed by atoms with van der Waals surface area (Å²) in [4.78, 5) is 75.8. The fourth-order valence-electron chi connectivity index (χ4n) is 3.41. The standard InChI is InChI=1S/C21H21N3O12/c1-19(2)31-13(25)7(14(26)32-19)10-22-11(8-15(27)33-20(3,4)34-16(8)28)24-12(23-10)9-17(29)35-21(5,6)36-18(9)30/h22-24H,1-6H3. The first-order chi connectivity index (χ1) is 16.5. The average molecular weight is 507 g/mol. The molecule has 0 bridgehead atoms. The molecule has 4 heterocycles. The Morgan fingerprint density at radius 1 is 0.389 bits per heavy atom. The maximum Gasteiger partial charge on any atom is 0.352 e. The van der Waals surface area contributed by atoms with Crippen LogP contribution in [-0.2, 0) is 57.2 Å². The van der Waals surface area contributed by atoms with Crippen molar-refractivity contribution in [1.29, 1.82) is 0 Å². The summed E-state index contributed by atoms with van der Waals surface area (Å²) < 4.78 is 30.4. The van der Waals surface area contributed by atoms with Crippen LogP contribution in [-0.4, -0.2) is 53.2 Å². The van der Waals surface area contributed by atoms with Crippen molar-refractivity contribution in [1.82, 2.24) is 16.0 Å². The molecule has 4 saturated heterocycles. The molecule has 0 amide bonds. The van der Waals surface area contributed by atoms with Gasteiger partial charge in [0.25, 0.3) is 17.4 Å². The fourth-order valence-corrected chi connectivity index (χ4v) is 3.41. The highest BCUT2D eigenvalue weighted by Crippen LogP contribution is 2.30. The average Bonchev–Trinajstić information content (AvgIpc) is 2.62. The number of ether oxygens (including phenoxy) is 6. The zero-order valence-corrected chi connectivity index (χ0v) is 19.9. The third-order valence-corrected chi connectivity index (χ3v) is 4.76. The van der Waals surface area contributed by atoms with Crippen LogP contribution >= 0.6 is 0 Å². The molecule has 3 N–H and O–H groups in total. The summed E-state index contributed by atoms with van der Waals surface area (Å²) in [5.74, 6) is -13.1. The van der Waals surface area contributed by atoms with E-state index in [4.69, 9.17) is 28.4 Å². The summed E-state index contributed by atoms with van der Waals surface area (Å²) in [6.07, 6.45) is 0. The second-order valence-corrected chi connectivity index (χ2v) is 9.16. The SMILES string of the molecule is CC1(C)OC(=O)C(=C2NC(=C3C(=O)OC(C)(C)OC3=O)NC(=C3C(=O)OC(C)(C)OC3=O)N2)C(=O)O1. The van der Waals surface area contributed by atoms with Crippen LogP contribution in [0.1, 0.15) is 41.5 Å². The molecule has 4 fully saturated rings. The molecule has 4 aliphatic heterocycles. The minimum atomic E-state index is -1.58. The maximum atomic E-state index is 12.6. The van der Waals surface area contributed by atoms with E-state index in [1.54, 1.807) is 0 Å². The molecule has 0 spiro atoms. The van der Waals surface area contributed by atoms with Crippen molar-refractivity contribution in [3.05, 3.63) is 34.2 Å². The van der Waals surface area contributed by atoms with Crippen LogP contribution in [0, 0.1) is 0 Å². The molecule has 0 saturated carbocycles. The van der Waals surface area contributed by atoms with Crippen molar-refractivity contribution >= 4 is 35.8 Å². The Hall–Kier alpha value is -4.56. The monoisotopic (exact) mass is 507 g/mol. The number of hydrogen-bond acceptors (Lipinski definition) is 15. The van der Waals surface area contributed by atoms with Gasteiger partial charge in [-0.3, -0.25) is 0 Å². The molecular formula is C21H21N3O12.